The third-order valence-corrected chi connectivity index (χ3v) is 4.30. The van der Waals surface area contributed by atoms with E-state index < -0.39 is 0 Å². The van der Waals surface area contributed by atoms with Crippen molar-refractivity contribution in [2.24, 2.45) is 0 Å². The van der Waals surface area contributed by atoms with Crippen LogP contribution in [0.1, 0.15) is 18.4 Å². The van der Waals surface area contributed by atoms with Crippen LogP contribution < -0.4 is 5.32 Å². The van der Waals surface area contributed by atoms with Crippen LogP contribution in [0, 0.1) is 0 Å². The molecule has 1 fully saturated rings. The van der Waals surface area contributed by atoms with E-state index in [0.29, 0.717) is 32.5 Å². The standard InChI is InChI=1S/C17H23N5O2/c23-16-8-15(21(11-16)10-14-4-2-1-3-5-14)9-19-17(24)6-7-22-13-18-12-20-22/h1-5,12-13,15-16,23H,6-11H2,(H,19,24). The summed E-state index contributed by atoms with van der Waals surface area (Å²) in [4.78, 5) is 18.1. The zero-order chi connectivity index (χ0) is 16.8. The number of nitrogens with zero attached hydrogens (tertiary/aromatic N) is 4. The van der Waals surface area contributed by atoms with E-state index in [1.54, 1.807) is 11.0 Å². The van der Waals surface area contributed by atoms with Crippen molar-refractivity contribution in [1.29, 1.82) is 0 Å². The number of carbonyl (C=O) groups is 1. The number of amides is 1. The maximum Gasteiger partial charge on any atom is 0.221 e. The molecule has 0 spiro atoms. The second kappa shape index (κ2) is 8.03. The van der Waals surface area contributed by atoms with Crippen LogP contribution in [0.5, 0.6) is 0 Å². The lowest BCUT2D eigenvalue weighted by Crippen LogP contribution is -2.40. The fourth-order valence-corrected chi connectivity index (χ4v) is 3.07. The SMILES string of the molecule is O=C(CCn1cncn1)NCC1CC(O)CN1Cc1ccccc1. The molecule has 0 saturated carbocycles. The van der Waals surface area contributed by atoms with E-state index >= 15 is 0 Å². The van der Waals surface area contributed by atoms with Crippen LogP contribution in [0.2, 0.25) is 0 Å². The van der Waals surface area contributed by atoms with Gasteiger partial charge in [0.15, 0.2) is 0 Å². The molecule has 1 aliphatic rings. The zero-order valence-corrected chi connectivity index (χ0v) is 13.6. The van der Waals surface area contributed by atoms with Crippen LogP contribution in [0.3, 0.4) is 0 Å². The van der Waals surface area contributed by atoms with Crippen molar-refractivity contribution >= 4 is 5.91 Å². The smallest absolute Gasteiger partial charge is 0.221 e. The molecule has 1 saturated heterocycles. The summed E-state index contributed by atoms with van der Waals surface area (Å²) < 4.78 is 1.64. The van der Waals surface area contributed by atoms with Gasteiger partial charge in [-0.05, 0) is 12.0 Å². The number of aromatic nitrogens is 3. The van der Waals surface area contributed by atoms with Gasteiger partial charge in [-0.3, -0.25) is 14.4 Å². The molecule has 128 valence electrons. The van der Waals surface area contributed by atoms with Gasteiger partial charge in [-0.25, -0.2) is 4.98 Å². The highest BCUT2D eigenvalue weighted by molar-refractivity contribution is 5.75. The fraction of sp³-hybridized carbons (Fsp3) is 0.471. The van der Waals surface area contributed by atoms with Crippen LogP contribution in [-0.4, -0.2) is 55.9 Å². The van der Waals surface area contributed by atoms with Gasteiger partial charge in [0.05, 0.1) is 12.6 Å². The summed E-state index contributed by atoms with van der Waals surface area (Å²) in [5, 5.41) is 16.9. The lowest BCUT2D eigenvalue weighted by Gasteiger charge is -2.24. The van der Waals surface area contributed by atoms with E-state index in [1.165, 1.54) is 11.9 Å². The molecule has 2 unspecified atom stereocenters. The highest BCUT2D eigenvalue weighted by atomic mass is 16.3. The molecule has 3 rings (SSSR count). The minimum Gasteiger partial charge on any atom is -0.392 e. The van der Waals surface area contributed by atoms with E-state index in [2.05, 4.69) is 32.4 Å². The average Bonchev–Trinajstić information content (AvgIpc) is 3.22. The minimum atomic E-state index is -0.328. The molecule has 1 aromatic heterocycles. The maximum absolute atomic E-state index is 12.0. The Morgan fingerprint density at radius 1 is 1.33 bits per heavy atom. The van der Waals surface area contributed by atoms with Gasteiger partial charge in [0, 0.05) is 32.1 Å². The molecule has 0 bridgehead atoms. The number of aliphatic hydroxyl groups excluding tert-OH is 1. The number of likely N-dealkylation sites (tertiary alicyclic amines) is 1. The molecule has 2 atom stereocenters. The van der Waals surface area contributed by atoms with Crippen molar-refractivity contribution in [1.82, 2.24) is 25.0 Å². The topological polar surface area (TPSA) is 83.3 Å². The van der Waals surface area contributed by atoms with Gasteiger partial charge in [-0.2, -0.15) is 5.10 Å². The Morgan fingerprint density at radius 2 is 2.17 bits per heavy atom. The first-order valence-corrected chi connectivity index (χ1v) is 8.26. The van der Waals surface area contributed by atoms with Gasteiger partial charge in [0.2, 0.25) is 5.91 Å². The minimum absolute atomic E-state index is 0.00782. The third kappa shape index (κ3) is 4.62. The summed E-state index contributed by atoms with van der Waals surface area (Å²) in [6.07, 6.45) is 3.79. The van der Waals surface area contributed by atoms with Crippen LogP contribution in [0.4, 0.5) is 0 Å². The van der Waals surface area contributed by atoms with Crippen molar-refractivity contribution in [3.05, 3.63) is 48.5 Å². The Balaban J connectivity index is 1.46. The molecule has 0 aliphatic carbocycles. The largest absolute Gasteiger partial charge is 0.392 e. The number of β-amino-alcohol motifs (C(OH)–C–C–N with tert-alkyl or cyclic N) is 1. The Hall–Kier alpha value is -2.25. The zero-order valence-electron chi connectivity index (χ0n) is 13.6. The van der Waals surface area contributed by atoms with E-state index in [4.69, 9.17) is 0 Å². The lowest BCUT2D eigenvalue weighted by atomic mass is 10.1. The number of hydrogen-bond donors (Lipinski definition) is 2. The summed E-state index contributed by atoms with van der Waals surface area (Å²) in [6, 6.07) is 10.4. The molecule has 1 amide bonds. The number of rotatable bonds is 7. The third-order valence-electron chi connectivity index (χ3n) is 4.30. The fourth-order valence-electron chi connectivity index (χ4n) is 3.07. The maximum atomic E-state index is 12.0. The Kier molecular flexibility index (Phi) is 5.55. The monoisotopic (exact) mass is 329 g/mol. The number of aryl methyl sites for hydroxylation is 1. The van der Waals surface area contributed by atoms with E-state index in [9.17, 15) is 9.90 Å². The van der Waals surface area contributed by atoms with Gasteiger partial charge in [-0.15, -0.1) is 0 Å². The normalized spacial score (nSPS) is 21.0. The number of hydrogen-bond acceptors (Lipinski definition) is 5. The first kappa shape index (κ1) is 16.6. The van der Waals surface area contributed by atoms with E-state index in [1.807, 2.05) is 18.2 Å². The van der Waals surface area contributed by atoms with Crippen LogP contribution in [-0.2, 0) is 17.9 Å². The summed E-state index contributed by atoms with van der Waals surface area (Å²) in [6.45, 7) is 2.51. The predicted molar refractivity (Wildman–Crippen MR) is 88.9 cm³/mol. The molecular weight excluding hydrogens is 306 g/mol. The molecule has 2 heterocycles. The summed E-state index contributed by atoms with van der Waals surface area (Å²) in [7, 11) is 0. The molecule has 2 aromatic rings. The van der Waals surface area contributed by atoms with Gasteiger partial charge < -0.3 is 10.4 Å². The number of nitrogens with one attached hydrogen (secondary N) is 1. The second-order valence-electron chi connectivity index (χ2n) is 6.17. The van der Waals surface area contributed by atoms with Crippen molar-refractivity contribution in [2.75, 3.05) is 13.1 Å². The molecule has 1 aliphatic heterocycles. The number of carbonyl (C=O) groups excluding carboxylic acids is 1. The molecule has 7 nitrogen and oxygen atoms in total. The van der Waals surface area contributed by atoms with Crippen molar-refractivity contribution in [3.63, 3.8) is 0 Å². The number of benzene rings is 1. The highest BCUT2D eigenvalue weighted by Crippen LogP contribution is 2.20. The first-order chi connectivity index (χ1) is 11.7. The number of aliphatic hydroxyl groups is 1. The van der Waals surface area contributed by atoms with Crippen LogP contribution in [0.15, 0.2) is 43.0 Å². The van der Waals surface area contributed by atoms with Gasteiger partial charge in [-0.1, -0.05) is 30.3 Å². The molecule has 0 radical (unpaired) electrons. The lowest BCUT2D eigenvalue weighted by molar-refractivity contribution is -0.121. The van der Waals surface area contributed by atoms with Crippen molar-refractivity contribution < 1.29 is 9.90 Å². The summed E-state index contributed by atoms with van der Waals surface area (Å²) >= 11 is 0. The summed E-state index contributed by atoms with van der Waals surface area (Å²) in [5.74, 6) is -0.00782. The quantitative estimate of drug-likeness (QED) is 0.769. The first-order valence-electron chi connectivity index (χ1n) is 8.26. The van der Waals surface area contributed by atoms with E-state index in [0.717, 1.165) is 6.54 Å². The second-order valence-corrected chi connectivity index (χ2v) is 6.17. The molecule has 1 aromatic carbocycles. The molecule has 2 N–H and O–H groups in total. The van der Waals surface area contributed by atoms with Crippen LogP contribution in [0.25, 0.3) is 0 Å². The summed E-state index contributed by atoms with van der Waals surface area (Å²) in [5.41, 5.74) is 1.22. The van der Waals surface area contributed by atoms with Crippen molar-refractivity contribution in [2.45, 2.75) is 38.1 Å². The van der Waals surface area contributed by atoms with Gasteiger partial charge in [0.25, 0.3) is 0 Å². The van der Waals surface area contributed by atoms with E-state index in [-0.39, 0.29) is 18.1 Å². The Bertz CT molecular complexity index is 632. The van der Waals surface area contributed by atoms with Gasteiger partial charge in [0.1, 0.15) is 12.7 Å². The average molecular weight is 329 g/mol. The Morgan fingerprint density at radius 3 is 2.92 bits per heavy atom. The molecule has 24 heavy (non-hydrogen) atoms. The Labute approximate surface area is 141 Å². The highest BCUT2D eigenvalue weighted by Gasteiger charge is 2.30. The van der Waals surface area contributed by atoms with Crippen LogP contribution >= 0.6 is 0 Å². The molecular formula is C17H23N5O2. The van der Waals surface area contributed by atoms with Gasteiger partial charge >= 0.3 is 0 Å². The molecule has 7 heteroatoms. The van der Waals surface area contributed by atoms with Crippen molar-refractivity contribution in [3.8, 4) is 0 Å². The predicted octanol–water partition coefficient (Wildman–Crippen LogP) is 0.420.